The minimum atomic E-state index is -0.0119. The first-order valence-corrected chi connectivity index (χ1v) is 9.86. The van der Waals surface area contributed by atoms with Crippen molar-refractivity contribution in [2.45, 2.75) is 45.6 Å². The molecule has 0 unspecified atom stereocenters. The third-order valence-corrected chi connectivity index (χ3v) is 5.62. The highest BCUT2D eigenvalue weighted by Crippen LogP contribution is 2.34. The van der Waals surface area contributed by atoms with Gasteiger partial charge in [0.2, 0.25) is 0 Å². The first-order chi connectivity index (χ1) is 12.2. The van der Waals surface area contributed by atoms with Gasteiger partial charge in [-0.3, -0.25) is 0 Å². The molecule has 4 nitrogen and oxygen atoms in total. The number of hydrogen-bond acceptors (Lipinski definition) is 3. The third kappa shape index (κ3) is 4.54. The van der Waals surface area contributed by atoms with Crippen molar-refractivity contribution in [2.24, 2.45) is 0 Å². The first-order valence-electron chi connectivity index (χ1n) is 9.04. The summed E-state index contributed by atoms with van der Waals surface area (Å²) in [7, 11) is 0. The van der Waals surface area contributed by atoms with Gasteiger partial charge in [-0.05, 0) is 63.1 Å². The summed E-state index contributed by atoms with van der Waals surface area (Å²) in [6, 6.07) is 12.1. The fourth-order valence-electron chi connectivity index (χ4n) is 3.28. The van der Waals surface area contributed by atoms with Crippen LogP contribution >= 0.6 is 11.3 Å². The Morgan fingerprint density at radius 3 is 2.68 bits per heavy atom. The summed E-state index contributed by atoms with van der Waals surface area (Å²) >= 11 is 1.80. The predicted octanol–water partition coefficient (Wildman–Crippen LogP) is 5.60. The van der Waals surface area contributed by atoms with Crippen LogP contribution in [0.5, 0.6) is 5.75 Å². The van der Waals surface area contributed by atoms with Crippen LogP contribution in [0.15, 0.2) is 36.4 Å². The van der Waals surface area contributed by atoms with E-state index in [4.69, 9.17) is 4.74 Å². The largest absolute Gasteiger partial charge is 0.494 e. The van der Waals surface area contributed by atoms with E-state index < -0.39 is 0 Å². The normalized spacial score (nSPS) is 17.8. The molecule has 1 fully saturated rings. The Hall–Kier alpha value is -2.01. The maximum Gasteiger partial charge on any atom is 0.322 e. The van der Waals surface area contributed by atoms with Gasteiger partial charge in [0.15, 0.2) is 0 Å². The van der Waals surface area contributed by atoms with Crippen molar-refractivity contribution in [3.05, 3.63) is 46.2 Å². The van der Waals surface area contributed by atoms with E-state index >= 15 is 0 Å². The molecule has 25 heavy (non-hydrogen) atoms. The number of urea groups is 1. The molecular weight excluding hydrogens is 332 g/mol. The maximum absolute atomic E-state index is 12.9. The Kier molecular flexibility index (Phi) is 5.97. The Bertz CT molecular complexity index is 696. The minimum absolute atomic E-state index is 0.0119. The van der Waals surface area contributed by atoms with Gasteiger partial charge < -0.3 is 15.0 Å². The van der Waals surface area contributed by atoms with Crippen LogP contribution in [0.4, 0.5) is 10.5 Å². The average molecular weight is 359 g/mol. The van der Waals surface area contributed by atoms with Gasteiger partial charge >= 0.3 is 6.03 Å². The molecule has 5 heteroatoms. The molecule has 0 radical (unpaired) electrons. The second-order valence-corrected chi connectivity index (χ2v) is 7.71. The van der Waals surface area contributed by atoms with E-state index in [1.54, 1.807) is 11.3 Å². The highest BCUT2D eigenvalue weighted by molar-refractivity contribution is 7.12. The van der Waals surface area contributed by atoms with E-state index in [0.29, 0.717) is 6.61 Å². The number of nitrogens with one attached hydrogen (secondary N) is 1. The van der Waals surface area contributed by atoms with E-state index in [0.717, 1.165) is 30.8 Å². The summed E-state index contributed by atoms with van der Waals surface area (Å²) < 4.78 is 5.45. The van der Waals surface area contributed by atoms with Gasteiger partial charge in [0, 0.05) is 22.0 Å². The average Bonchev–Trinajstić information content (AvgIpc) is 2.89. The number of carbonyl (C=O) groups is 1. The third-order valence-electron chi connectivity index (χ3n) is 4.52. The zero-order chi connectivity index (χ0) is 17.6. The van der Waals surface area contributed by atoms with Gasteiger partial charge in [-0.25, -0.2) is 4.79 Å². The second kappa shape index (κ2) is 8.39. The van der Waals surface area contributed by atoms with Crippen LogP contribution in [0, 0.1) is 6.92 Å². The molecule has 1 N–H and O–H groups in total. The maximum atomic E-state index is 12.9. The summed E-state index contributed by atoms with van der Waals surface area (Å²) in [4.78, 5) is 17.5. The first kappa shape index (κ1) is 17.8. The molecule has 0 spiro atoms. The lowest BCUT2D eigenvalue weighted by Gasteiger charge is -2.29. The van der Waals surface area contributed by atoms with E-state index in [1.165, 1.54) is 22.6 Å². The lowest BCUT2D eigenvalue weighted by atomic mass is 10.1. The van der Waals surface area contributed by atoms with Crippen molar-refractivity contribution >= 4 is 23.1 Å². The zero-order valence-corrected chi connectivity index (χ0v) is 15.8. The van der Waals surface area contributed by atoms with Crippen LogP contribution in [0.2, 0.25) is 0 Å². The van der Waals surface area contributed by atoms with Crippen molar-refractivity contribution < 1.29 is 9.53 Å². The molecule has 2 aromatic rings. The van der Waals surface area contributed by atoms with Gasteiger partial charge in [-0.15, -0.1) is 11.3 Å². The lowest BCUT2D eigenvalue weighted by molar-refractivity contribution is 0.190. The Labute approximate surface area is 153 Å². The summed E-state index contributed by atoms with van der Waals surface area (Å²) in [5.74, 6) is 0.821. The van der Waals surface area contributed by atoms with Crippen molar-refractivity contribution in [3.63, 3.8) is 0 Å². The van der Waals surface area contributed by atoms with Crippen LogP contribution in [0.3, 0.4) is 0 Å². The molecule has 134 valence electrons. The highest BCUT2D eigenvalue weighted by Gasteiger charge is 2.27. The summed E-state index contributed by atoms with van der Waals surface area (Å²) in [5, 5.41) is 3.05. The molecule has 3 rings (SSSR count). The monoisotopic (exact) mass is 358 g/mol. The quantitative estimate of drug-likeness (QED) is 0.772. The van der Waals surface area contributed by atoms with E-state index in [-0.39, 0.29) is 12.1 Å². The second-order valence-electron chi connectivity index (χ2n) is 6.39. The molecule has 1 saturated heterocycles. The van der Waals surface area contributed by atoms with Crippen LogP contribution in [-0.4, -0.2) is 24.1 Å². The Morgan fingerprint density at radius 2 is 2.00 bits per heavy atom. The molecule has 1 aliphatic heterocycles. The zero-order valence-electron chi connectivity index (χ0n) is 15.0. The number of carbonyl (C=O) groups excluding carboxylic acids is 1. The topological polar surface area (TPSA) is 41.6 Å². The molecule has 1 aromatic heterocycles. The minimum Gasteiger partial charge on any atom is -0.494 e. The van der Waals surface area contributed by atoms with Crippen molar-refractivity contribution in [1.82, 2.24) is 4.90 Å². The molecule has 1 aliphatic rings. The number of likely N-dealkylation sites (tertiary alicyclic amines) is 1. The van der Waals surface area contributed by atoms with Crippen molar-refractivity contribution in [2.75, 3.05) is 18.5 Å². The SMILES string of the molecule is CCOc1ccc(NC(=O)N2CCCCC[C@H]2c2ccc(C)s2)cc1. The number of hydrogen-bond donors (Lipinski definition) is 1. The summed E-state index contributed by atoms with van der Waals surface area (Å²) in [5.41, 5.74) is 0.804. The smallest absolute Gasteiger partial charge is 0.322 e. The summed E-state index contributed by atoms with van der Waals surface area (Å²) in [6.07, 6.45) is 4.47. The van der Waals surface area contributed by atoms with Crippen molar-refractivity contribution in [1.29, 1.82) is 0 Å². The van der Waals surface area contributed by atoms with Gasteiger partial charge in [0.05, 0.1) is 12.6 Å². The fraction of sp³-hybridized carbons (Fsp3) is 0.450. The van der Waals surface area contributed by atoms with Crippen LogP contribution < -0.4 is 10.1 Å². The molecule has 2 amide bonds. The van der Waals surface area contributed by atoms with Crippen molar-refractivity contribution in [3.8, 4) is 5.75 Å². The van der Waals surface area contributed by atoms with Crippen LogP contribution in [0.1, 0.15) is 48.4 Å². The molecule has 0 bridgehead atoms. The highest BCUT2D eigenvalue weighted by atomic mass is 32.1. The number of aryl methyl sites for hydroxylation is 1. The standard InChI is InChI=1S/C20H26N2O2S/c1-3-24-17-11-9-16(10-12-17)21-20(23)22-14-6-4-5-7-18(22)19-13-8-15(2)25-19/h8-13,18H,3-7,14H2,1-2H3,(H,21,23)/t18-/m0/s1. The molecule has 1 aromatic carbocycles. The number of thiophene rings is 1. The molecule has 0 aliphatic carbocycles. The number of anilines is 1. The van der Waals surface area contributed by atoms with Gasteiger partial charge in [0.25, 0.3) is 0 Å². The number of rotatable bonds is 4. The van der Waals surface area contributed by atoms with Crippen LogP contribution in [0.25, 0.3) is 0 Å². The Morgan fingerprint density at radius 1 is 1.20 bits per heavy atom. The van der Waals surface area contributed by atoms with Gasteiger partial charge in [-0.1, -0.05) is 12.8 Å². The van der Waals surface area contributed by atoms with E-state index in [9.17, 15) is 4.79 Å². The molecule has 0 saturated carbocycles. The number of benzene rings is 1. The van der Waals surface area contributed by atoms with Gasteiger partial charge in [0.1, 0.15) is 5.75 Å². The number of ether oxygens (including phenoxy) is 1. The molecule has 2 heterocycles. The summed E-state index contributed by atoms with van der Waals surface area (Å²) in [6.45, 7) is 5.53. The fourth-order valence-corrected chi connectivity index (χ4v) is 4.30. The van der Waals surface area contributed by atoms with Crippen LogP contribution in [-0.2, 0) is 0 Å². The molecule has 1 atom stereocenters. The van der Waals surface area contributed by atoms with Gasteiger partial charge in [-0.2, -0.15) is 0 Å². The molecular formula is C20H26N2O2S. The van der Waals surface area contributed by atoms with E-state index in [2.05, 4.69) is 24.4 Å². The number of nitrogens with zero attached hydrogens (tertiary/aromatic N) is 1. The van der Waals surface area contributed by atoms with E-state index in [1.807, 2.05) is 36.1 Å². The lowest BCUT2D eigenvalue weighted by Crippen LogP contribution is -2.37. The Balaban J connectivity index is 1.73. The predicted molar refractivity (Wildman–Crippen MR) is 104 cm³/mol. The number of amides is 2.